The van der Waals surface area contributed by atoms with Crippen LogP contribution in [0.25, 0.3) is 28.2 Å². The first kappa shape index (κ1) is 21.6. The lowest BCUT2D eigenvalue weighted by Gasteiger charge is -2.12. The Balaban J connectivity index is 1.93. The third kappa shape index (κ3) is 3.74. The summed E-state index contributed by atoms with van der Waals surface area (Å²) >= 11 is 0. The number of phenols is 1. The maximum absolute atomic E-state index is 13.7. The van der Waals surface area contributed by atoms with Crippen LogP contribution >= 0.6 is 0 Å². The number of rotatable bonds is 4. The Labute approximate surface area is 180 Å². The van der Waals surface area contributed by atoms with Crippen molar-refractivity contribution in [3.05, 3.63) is 65.9 Å². The van der Waals surface area contributed by atoms with Crippen molar-refractivity contribution in [2.45, 2.75) is 25.9 Å². The average Bonchev–Trinajstić information content (AvgIpc) is 3.12. The van der Waals surface area contributed by atoms with Crippen LogP contribution in [0.15, 0.2) is 48.8 Å². The van der Waals surface area contributed by atoms with Gasteiger partial charge < -0.3 is 9.84 Å². The standard InChI is InChI=1S/C23H19F4N3O2/c1-12(2)21-22(14-5-7-19(32-3)18(31)9-14)30-11-17(28-10-20(30)29-21)13-4-6-16(24)15(8-13)23(25,26)27/h4-12,31H,1-3H3. The normalized spacial score (nSPS) is 12.0. The summed E-state index contributed by atoms with van der Waals surface area (Å²) in [6, 6.07) is 7.67. The molecule has 0 radical (unpaired) electrons. The fourth-order valence-electron chi connectivity index (χ4n) is 3.55. The van der Waals surface area contributed by atoms with Crippen LogP contribution in [0, 0.1) is 5.82 Å². The van der Waals surface area contributed by atoms with E-state index in [2.05, 4.69) is 9.97 Å². The molecule has 0 fully saturated rings. The van der Waals surface area contributed by atoms with E-state index in [1.54, 1.807) is 22.7 Å². The van der Waals surface area contributed by atoms with E-state index in [9.17, 15) is 22.7 Å². The summed E-state index contributed by atoms with van der Waals surface area (Å²) in [5.41, 5.74) is 1.50. The van der Waals surface area contributed by atoms with Crippen LogP contribution in [0.2, 0.25) is 0 Å². The van der Waals surface area contributed by atoms with E-state index in [0.717, 1.165) is 17.8 Å². The van der Waals surface area contributed by atoms with Crippen molar-refractivity contribution in [2.24, 2.45) is 0 Å². The molecule has 2 aromatic heterocycles. The molecule has 9 heteroatoms. The Bertz CT molecular complexity index is 1310. The number of benzene rings is 2. The summed E-state index contributed by atoms with van der Waals surface area (Å²) in [5.74, 6) is -1.08. The zero-order chi connectivity index (χ0) is 23.2. The highest BCUT2D eigenvalue weighted by atomic mass is 19.4. The van der Waals surface area contributed by atoms with Gasteiger partial charge in [-0.2, -0.15) is 13.2 Å². The number of hydrogen-bond acceptors (Lipinski definition) is 4. The van der Waals surface area contributed by atoms with Gasteiger partial charge >= 0.3 is 6.18 Å². The molecule has 0 bridgehead atoms. The summed E-state index contributed by atoms with van der Waals surface area (Å²) in [4.78, 5) is 8.85. The lowest BCUT2D eigenvalue weighted by molar-refractivity contribution is -0.139. The maximum atomic E-state index is 13.7. The number of halogens is 4. The molecule has 0 atom stereocenters. The summed E-state index contributed by atoms with van der Waals surface area (Å²) in [7, 11) is 1.44. The van der Waals surface area contributed by atoms with Crippen molar-refractivity contribution in [3.63, 3.8) is 0 Å². The first-order chi connectivity index (χ1) is 15.1. The summed E-state index contributed by atoms with van der Waals surface area (Å²) in [6.45, 7) is 3.91. The van der Waals surface area contributed by atoms with E-state index in [0.29, 0.717) is 22.7 Å². The molecule has 4 aromatic rings. The van der Waals surface area contributed by atoms with Gasteiger partial charge in [0.2, 0.25) is 0 Å². The van der Waals surface area contributed by atoms with Crippen LogP contribution < -0.4 is 4.74 Å². The Morgan fingerprint density at radius 1 is 1.06 bits per heavy atom. The van der Waals surface area contributed by atoms with E-state index in [4.69, 9.17) is 4.74 Å². The van der Waals surface area contributed by atoms with Gasteiger partial charge in [0.15, 0.2) is 17.1 Å². The lowest BCUT2D eigenvalue weighted by atomic mass is 10.0. The summed E-state index contributed by atoms with van der Waals surface area (Å²) < 4.78 is 60.0. The molecule has 0 aliphatic heterocycles. The zero-order valence-electron chi connectivity index (χ0n) is 17.4. The molecule has 5 nitrogen and oxygen atoms in total. The molecule has 0 aliphatic carbocycles. The number of nitrogens with zero attached hydrogens (tertiary/aromatic N) is 3. The minimum absolute atomic E-state index is 0.0141. The van der Waals surface area contributed by atoms with Gasteiger partial charge in [-0.25, -0.2) is 9.37 Å². The Morgan fingerprint density at radius 2 is 1.78 bits per heavy atom. The third-order valence-corrected chi connectivity index (χ3v) is 5.10. The number of aromatic nitrogens is 3. The molecule has 0 saturated heterocycles. The van der Waals surface area contributed by atoms with Crippen molar-refractivity contribution < 1.29 is 27.4 Å². The van der Waals surface area contributed by atoms with Crippen LogP contribution in [0.1, 0.15) is 31.0 Å². The molecular weight excluding hydrogens is 426 g/mol. The first-order valence-corrected chi connectivity index (χ1v) is 9.72. The number of hydrogen-bond donors (Lipinski definition) is 1. The van der Waals surface area contributed by atoms with E-state index < -0.39 is 17.6 Å². The molecule has 0 amide bonds. The molecular formula is C23H19F4N3O2. The summed E-state index contributed by atoms with van der Waals surface area (Å²) in [5, 5.41) is 10.2. The largest absolute Gasteiger partial charge is 0.504 e. The van der Waals surface area contributed by atoms with Crippen LogP contribution in [0.5, 0.6) is 11.5 Å². The quantitative estimate of drug-likeness (QED) is 0.388. The van der Waals surface area contributed by atoms with Gasteiger partial charge in [-0.3, -0.25) is 9.38 Å². The van der Waals surface area contributed by atoms with Crippen molar-refractivity contribution in [2.75, 3.05) is 7.11 Å². The number of aromatic hydroxyl groups is 1. The third-order valence-electron chi connectivity index (χ3n) is 5.10. The molecule has 2 heterocycles. The number of imidazole rings is 1. The minimum atomic E-state index is -4.82. The second-order valence-electron chi connectivity index (χ2n) is 7.58. The molecule has 0 spiro atoms. The number of phenolic OH excluding ortho intramolecular Hbond substituents is 1. The topological polar surface area (TPSA) is 59.7 Å². The van der Waals surface area contributed by atoms with E-state index in [-0.39, 0.29) is 22.9 Å². The molecule has 0 saturated carbocycles. The molecule has 32 heavy (non-hydrogen) atoms. The monoisotopic (exact) mass is 445 g/mol. The van der Waals surface area contributed by atoms with Gasteiger partial charge in [0, 0.05) is 17.3 Å². The number of alkyl halides is 3. The van der Waals surface area contributed by atoms with Gasteiger partial charge in [0.05, 0.1) is 36.0 Å². The molecule has 1 N–H and O–H groups in total. The van der Waals surface area contributed by atoms with E-state index in [1.165, 1.54) is 25.4 Å². The van der Waals surface area contributed by atoms with Gasteiger partial charge in [0.1, 0.15) is 5.82 Å². The molecule has 2 aromatic carbocycles. The smallest absolute Gasteiger partial charge is 0.419 e. The highest BCUT2D eigenvalue weighted by Crippen LogP contribution is 2.37. The highest BCUT2D eigenvalue weighted by molar-refractivity contribution is 5.72. The van der Waals surface area contributed by atoms with Gasteiger partial charge in [-0.15, -0.1) is 0 Å². The number of fused-ring (bicyclic) bond motifs is 1. The zero-order valence-corrected chi connectivity index (χ0v) is 17.4. The number of ether oxygens (including phenoxy) is 1. The fourth-order valence-corrected chi connectivity index (χ4v) is 3.55. The fraction of sp³-hybridized carbons (Fsp3) is 0.217. The first-order valence-electron chi connectivity index (χ1n) is 9.72. The predicted molar refractivity (Wildman–Crippen MR) is 111 cm³/mol. The van der Waals surface area contributed by atoms with Crippen LogP contribution in [0.4, 0.5) is 17.6 Å². The summed E-state index contributed by atoms with van der Waals surface area (Å²) in [6.07, 6.45) is -1.82. The van der Waals surface area contributed by atoms with Crippen LogP contribution in [0.3, 0.4) is 0 Å². The molecule has 166 valence electrons. The second-order valence-corrected chi connectivity index (χ2v) is 7.58. The lowest BCUT2D eigenvalue weighted by Crippen LogP contribution is -2.08. The highest BCUT2D eigenvalue weighted by Gasteiger charge is 2.34. The SMILES string of the molecule is COc1ccc(-c2c(C(C)C)nc3cnc(-c4ccc(F)c(C(F)(F)F)c4)cn23)cc1O. The molecule has 0 aliphatic rings. The average molecular weight is 445 g/mol. The van der Waals surface area contributed by atoms with Crippen molar-refractivity contribution >= 4 is 5.65 Å². The Kier molecular flexibility index (Phi) is 5.28. The van der Waals surface area contributed by atoms with Crippen LogP contribution in [-0.2, 0) is 6.18 Å². The van der Waals surface area contributed by atoms with E-state index >= 15 is 0 Å². The Morgan fingerprint density at radius 3 is 2.41 bits per heavy atom. The minimum Gasteiger partial charge on any atom is -0.504 e. The second kappa shape index (κ2) is 7.81. The van der Waals surface area contributed by atoms with E-state index in [1.807, 2.05) is 13.8 Å². The van der Waals surface area contributed by atoms with Crippen molar-refractivity contribution in [3.8, 4) is 34.0 Å². The van der Waals surface area contributed by atoms with Gasteiger partial charge in [-0.05, 0) is 42.3 Å². The molecule has 4 rings (SSSR count). The van der Waals surface area contributed by atoms with Gasteiger partial charge in [0.25, 0.3) is 0 Å². The van der Waals surface area contributed by atoms with Crippen LogP contribution in [-0.4, -0.2) is 26.6 Å². The maximum Gasteiger partial charge on any atom is 0.419 e. The van der Waals surface area contributed by atoms with Gasteiger partial charge in [-0.1, -0.05) is 13.8 Å². The van der Waals surface area contributed by atoms with Crippen molar-refractivity contribution in [1.29, 1.82) is 0 Å². The number of methoxy groups -OCH3 is 1. The predicted octanol–water partition coefficient (Wildman–Crippen LogP) is 6.06. The molecule has 0 unspecified atom stereocenters. The Hall–Kier alpha value is -3.62. The van der Waals surface area contributed by atoms with Crippen molar-refractivity contribution in [1.82, 2.24) is 14.4 Å².